The summed E-state index contributed by atoms with van der Waals surface area (Å²) in [7, 11) is 0. The van der Waals surface area contributed by atoms with E-state index in [1.165, 1.54) is 22.2 Å². The van der Waals surface area contributed by atoms with Crippen LogP contribution in [0.4, 0.5) is 0 Å². The van der Waals surface area contributed by atoms with Gasteiger partial charge in [0.2, 0.25) is 0 Å². The number of fused-ring (bicyclic) bond motifs is 6. The van der Waals surface area contributed by atoms with Gasteiger partial charge in [-0.05, 0) is 36.4 Å². The van der Waals surface area contributed by atoms with Gasteiger partial charge in [-0.25, -0.2) is 14.5 Å². The first-order chi connectivity index (χ1) is 15.3. The molecule has 0 bridgehead atoms. The molecule has 156 valence electrons. The highest BCUT2D eigenvalue weighted by atomic mass is 32.1. The molecule has 0 amide bonds. The van der Waals surface area contributed by atoms with Crippen LogP contribution in [0.15, 0.2) is 48.8 Å². The van der Waals surface area contributed by atoms with Gasteiger partial charge in [0.15, 0.2) is 11.5 Å². The number of thiophene rings is 1. The maximum Gasteiger partial charge on any atom is 0.189 e. The molecule has 0 spiro atoms. The molecule has 3 aromatic heterocycles. The Balaban J connectivity index is 1.33. The van der Waals surface area contributed by atoms with Crippen molar-refractivity contribution in [3.63, 3.8) is 0 Å². The summed E-state index contributed by atoms with van der Waals surface area (Å²) in [4.78, 5) is 14.5. The van der Waals surface area contributed by atoms with Crippen molar-refractivity contribution in [2.45, 2.75) is 32.9 Å². The molecule has 0 radical (unpaired) electrons. The maximum absolute atomic E-state index is 6.12. The molecule has 5 aromatic rings. The first-order valence-electron chi connectivity index (χ1n) is 10.8. The standard InChI is InChI=1S/C24H23N5OS/c1-2-11-28-12-10-18-20(13-28)31-24-22(18)23-26-21(27-29(23)15-25-24)14-30-19-9-5-7-16-6-3-4-8-17(16)19/h3-9,15H,2,10-14H2,1H3. The topological polar surface area (TPSA) is 55.6 Å². The summed E-state index contributed by atoms with van der Waals surface area (Å²) in [6.45, 7) is 5.83. The van der Waals surface area contributed by atoms with Crippen LogP contribution in [0.25, 0.3) is 26.6 Å². The average Bonchev–Trinajstić information content (AvgIpc) is 3.38. The molecule has 4 heterocycles. The van der Waals surface area contributed by atoms with E-state index in [1.54, 1.807) is 22.2 Å². The first kappa shape index (κ1) is 18.7. The zero-order chi connectivity index (χ0) is 20.8. The van der Waals surface area contributed by atoms with E-state index in [1.807, 2.05) is 24.3 Å². The number of benzene rings is 2. The SMILES string of the molecule is CCCN1CCc2c(sc3ncn4nc(COc5cccc6ccccc56)nc4c23)C1. The van der Waals surface area contributed by atoms with Gasteiger partial charge < -0.3 is 4.74 Å². The Labute approximate surface area is 184 Å². The largest absolute Gasteiger partial charge is 0.485 e. The van der Waals surface area contributed by atoms with Crippen molar-refractivity contribution in [3.8, 4) is 5.75 Å². The Morgan fingerprint density at radius 2 is 2.03 bits per heavy atom. The Morgan fingerprint density at radius 1 is 1.13 bits per heavy atom. The fraction of sp³-hybridized carbons (Fsp3) is 0.292. The zero-order valence-corrected chi connectivity index (χ0v) is 18.2. The fourth-order valence-corrected chi connectivity index (χ4v) is 5.75. The minimum Gasteiger partial charge on any atom is -0.485 e. The molecule has 2 aromatic carbocycles. The minimum atomic E-state index is 0.327. The smallest absolute Gasteiger partial charge is 0.189 e. The monoisotopic (exact) mass is 429 g/mol. The first-order valence-corrected chi connectivity index (χ1v) is 11.6. The number of nitrogens with zero attached hydrogens (tertiary/aromatic N) is 5. The zero-order valence-electron chi connectivity index (χ0n) is 17.4. The van der Waals surface area contributed by atoms with Crippen LogP contribution in [-0.4, -0.2) is 37.6 Å². The molecule has 31 heavy (non-hydrogen) atoms. The highest BCUT2D eigenvalue weighted by molar-refractivity contribution is 7.19. The van der Waals surface area contributed by atoms with Crippen molar-refractivity contribution < 1.29 is 4.74 Å². The number of rotatable bonds is 5. The van der Waals surface area contributed by atoms with Gasteiger partial charge in [0.25, 0.3) is 0 Å². The molecule has 0 fully saturated rings. The van der Waals surface area contributed by atoms with Gasteiger partial charge in [-0.3, -0.25) is 4.90 Å². The second-order valence-electron chi connectivity index (χ2n) is 8.02. The van der Waals surface area contributed by atoms with Gasteiger partial charge in [-0.2, -0.15) is 0 Å². The molecule has 7 heteroatoms. The third-order valence-corrected chi connectivity index (χ3v) is 7.07. The van der Waals surface area contributed by atoms with Crippen LogP contribution in [0.2, 0.25) is 0 Å². The van der Waals surface area contributed by atoms with E-state index in [-0.39, 0.29) is 0 Å². The molecule has 0 unspecified atom stereocenters. The lowest BCUT2D eigenvalue weighted by Gasteiger charge is -2.26. The van der Waals surface area contributed by atoms with Crippen molar-refractivity contribution in [2.24, 2.45) is 0 Å². The van der Waals surface area contributed by atoms with Crippen LogP contribution in [0.3, 0.4) is 0 Å². The molecule has 0 saturated carbocycles. The van der Waals surface area contributed by atoms with Crippen molar-refractivity contribution in [3.05, 3.63) is 65.1 Å². The van der Waals surface area contributed by atoms with Gasteiger partial charge in [0.05, 0.1) is 5.39 Å². The maximum atomic E-state index is 6.12. The van der Waals surface area contributed by atoms with Gasteiger partial charge in [0, 0.05) is 23.4 Å². The Kier molecular flexibility index (Phi) is 4.58. The van der Waals surface area contributed by atoms with Crippen molar-refractivity contribution in [1.29, 1.82) is 0 Å². The molecule has 0 atom stereocenters. The third-order valence-electron chi connectivity index (χ3n) is 5.95. The molecule has 6 rings (SSSR count). The third kappa shape index (κ3) is 3.25. The summed E-state index contributed by atoms with van der Waals surface area (Å²) in [5, 5.41) is 8.07. The van der Waals surface area contributed by atoms with Gasteiger partial charge in [0.1, 0.15) is 23.5 Å². The van der Waals surface area contributed by atoms with Crippen LogP contribution >= 0.6 is 11.3 Å². The lowest BCUT2D eigenvalue weighted by atomic mass is 10.1. The summed E-state index contributed by atoms with van der Waals surface area (Å²) in [6.07, 6.45) is 4.01. The van der Waals surface area contributed by atoms with Gasteiger partial charge in [-0.15, -0.1) is 16.4 Å². The number of hydrogen-bond acceptors (Lipinski definition) is 6. The van der Waals surface area contributed by atoms with Crippen LogP contribution in [-0.2, 0) is 19.6 Å². The summed E-state index contributed by atoms with van der Waals surface area (Å²) in [5.74, 6) is 1.52. The number of hydrogen-bond donors (Lipinski definition) is 0. The second-order valence-corrected chi connectivity index (χ2v) is 9.10. The van der Waals surface area contributed by atoms with E-state index >= 15 is 0 Å². The lowest BCUT2D eigenvalue weighted by molar-refractivity contribution is 0.258. The van der Waals surface area contributed by atoms with Crippen LogP contribution in [0, 0.1) is 0 Å². The predicted octanol–water partition coefficient (Wildman–Crippen LogP) is 4.84. The molecule has 0 N–H and O–H groups in total. The quantitative estimate of drug-likeness (QED) is 0.400. The summed E-state index contributed by atoms with van der Waals surface area (Å²) in [5.41, 5.74) is 2.29. The Bertz CT molecular complexity index is 1400. The van der Waals surface area contributed by atoms with Crippen LogP contribution < -0.4 is 4.74 Å². The second kappa shape index (κ2) is 7.59. The minimum absolute atomic E-state index is 0.327. The predicted molar refractivity (Wildman–Crippen MR) is 124 cm³/mol. The molecule has 0 aliphatic carbocycles. The molecule has 1 aliphatic heterocycles. The number of aromatic nitrogens is 4. The van der Waals surface area contributed by atoms with Crippen molar-refractivity contribution in [1.82, 2.24) is 24.5 Å². The normalized spacial score (nSPS) is 14.5. The van der Waals surface area contributed by atoms with E-state index < -0.39 is 0 Å². The van der Waals surface area contributed by atoms with E-state index in [0.29, 0.717) is 12.4 Å². The summed E-state index contributed by atoms with van der Waals surface area (Å²) < 4.78 is 7.92. The molecule has 1 aliphatic rings. The highest BCUT2D eigenvalue weighted by Gasteiger charge is 2.24. The van der Waals surface area contributed by atoms with Crippen molar-refractivity contribution in [2.75, 3.05) is 13.1 Å². The van der Waals surface area contributed by atoms with Crippen molar-refractivity contribution >= 4 is 38.0 Å². The van der Waals surface area contributed by atoms with Crippen LogP contribution in [0.1, 0.15) is 29.6 Å². The Morgan fingerprint density at radius 3 is 2.97 bits per heavy atom. The summed E-state index contributed by atoms with van der Waals surface area (Å²) in [6, 6.07) is 14.3. The average molecular weight is 430 g/mol. The molecular weight excluding hydrogens is 406 g/mol. The van der Waals surface area contributed by atoms with E-state index in [9.17, 15) is 0 Å². The van der Waals surface area contributed by atoms with Gasteiger partial charge in [-0.1, -0.05) is 43.3 Å². The fourth-order valence-electron chi connectivity index (χ4n) is 4.52. The highest BCUT2D eigenvalue weighted by Crippen LogP contribution is 2.36. The van der Waals surface area contributed by atoms with E-state index in [4.69, 9.17) is 9.72 Å². The van der Waals surface area contributed by atoms with E-state index in [0.717, 1.165) is 53.1 Å². The molecular formula is C24H23N5OS. The Hall–Kier alpha value is -3.03. The summed E-state index contributed by atoms with van der Waals surface area (Å²) >= 11 is 1.80. The van der Waals surface area contributed by atoms with E-state index in [2.05, 4.69) is 40.1 Å². The van der Waals surface area contributed by atoms with Gasteiger partial charge >= 0.3 is 0 Å². The van der Waals surface area contributed by atoms with Crippen LogP contribution in [0.5, 0.6) is 5.75 Å². The lowest BCUT2D eigenvalue weighted by Crippen LogP contribution is -2.30. The molecule has 6 nitrogen and oxygen atoms in total. The number of ether oxygens (including phenoxy) is 1. The molecule has 0 saturated heterocycles.